The van der Waals surface area contributed by atoms with Gasteiger partial charge < -0.3 is 14.5 Å². The topological polar surface area (TPSA) is 82.7 Å². The number of aryl methyl sites for hydroxylation is 1. The minimum atomic E-state index is -0.309. The van der Waals surface area contributed by atoms with Crippen LogP contribution in [0.1, 0.15) is 30.7 Å². The molecule has 0 unspecified atom stereocenters. The summed E-state index contributed by atoms with van der Waals surface area (Å²) in [6.07, 6.45) is 2.78. The van der Waals surface area contributed by atoms with Crippen molar-refractivity contribution in [2.45, 2.75) is 32.7 Å². The number of carbonyl (C=O) groups is 1. The highest BCUT2D eigenvalue weighted by molar-refractivity contribution is 5.84. The highest BCUT2D eigenvalue weighted by Crippen LogP contribution is 2.40. The molecule has 2 fully saturated rings. The molecule has 2 saturated heterocycles. The van der Waals surface area contributed by atoms with E-state index in [-0.39, 0.29) is 17.9 Å². The highest BCUT2D eigenvalue weighted by Gasteiger charge is 2.48. The van der Waals surface area contributed by atoms with E-state index in [4.69, 9.17) is 4.52 Å². The summed E-state index contributed by atoms with van der Waals surface area (Å²) >= 11 is 0. The molecular formula is C20H26N4O3. The van der Waals surface area contributed by atoms with Crippen molar-refractivity contribution in [3.05, 3.63) is 35.7 Å². The lowest BCUT2D eigenvalue weighted by molar-refractivity contribution is -0.146. The number of piperidine rings is 1. The molecule has 1 aromatic carbocycles. The first-order valence-corrected chi connectivity index (χ1v) is 9.62. The normalized spacial score (nSPS) is 23.5. The Bertz CT molecular complexity index is 802. The fourth-order valence-corrected chi connectivity index (χ4v) is 4.29. The van der Waals surface area contributed by atoms with Gasteiger partial charge in [0.15, 0.2) is 5.82 Å². The molecule has 2 aliphatic rings. The van der Waals surface area contributed by atoms with Crippen LogP contribution in [0.25, 0.3) is 11.5 Å². The number of carbonyl (C=O) groups excluding carboxylic acids is 1. The molecule has 3 heterocycles. The van der Waals surface area contributed by atoms with Crippen molar-refractivity contribution in [1.29, 1.82) is 0 Å². The van der Waals surface area contributed by atoms with E-state index in [0.29, 0.717) is 24.8 Å². The van der Waals surface area contributed by atoms with Crippen LogP contribution in [0.2, 0.25) is 0 Å². The number of likely N-dealkylation sites (tertiary alicyclic amines) is 2. The van der Waals surface area contributed by atoms with Crippen LogP contribution in [0, 0.1) is 12.3 Å². The molecule has 7 nitrogen and oxygen atoms in total. The van der Waals surface area contributed by atoms with Gasteiger partial charge in [-0.2, -0.15) is 4.98 Å². The molecule has 1 atom stereocenters. The zero-order chi connectivity index (χ0) is 18.9. The summed E-state index contributed by atoms with van der Waals surface area (Å²) in [4.78, 5) is 21.5. The smallest absolute Gasteiger partial charge is 0.257 e. The van der Waals surface area contributed by atoms with Crippen molar-refractivity contribution in [3.8, 4) is 11.5 Å². The molecule has 0 aliphatic carbocycles. The number of β-amino-alcohol motifs (C(OH)–C–C–N with tert-alkyl or cyclic N) is 1. The second kappa shape index (κ2) is 7.40. The van der Waals surface area contributed by atoms with Gasteiger partial charge in [0.05, 0.1) is 18.6 Å². The first kappa shape index (κ1) is 18.1. The van der Waals surface area contributed by atoms with Crippen molar-refractivity contribution < 1.29 is 14.4 Å². The molecule has 7 heteroatoms. The van der Waals surface area contributed by atoms with Crippen LogP contribution < -0.4 is 0 Å². The van der Waals surface area contributed by atoms with E-state index >= 15 is 0 Å². The number of nitrogens with zero attached hydrogens (tertiary/aromatic N) is 4. The van der Waals surface area contributed by atoms with Gasteiger partial charge in [-0.15, -0.1) is 0 Å². The third-order valence-corrected chi connectivity index (χ3v) is 5.76. The van der Waals surface area contributed by atoms with Gasteiger partial charge in [0, 0.05) is 25.2 Å². The van der Waals surface area contributed by atoms with E-state index in [0.717, 1.165) is 44.5 Å². The maximum Gasteiger partial charge on any atom is 0.257 e. The molecule has 27 heavy (non-hydrogen) atoms. The van der Waals surface area contributed by atoms with Crippen LogP contribution in [-0.2, 0) is 11.3 Å². The van der Waals surface area contributed by atoms with Gasteiger partial charge in [0.25, 0.3) is 5.89 Å². The van der Waals surface area contributed by atoms with Crippen LogP contribution in [0.5, 0.6) is 0 Å². The predicted octanol–water partition coefficient (Wildman–Crippen LogP) is 1.85. The Morgan fingerprint density at radius 1 is 1.22 bits per heavy atom. The summed E-state index contributed by atoms with van der Waals surface area (Å²) in [5.74, 6) is 1.37. The molecule has 1 N–H and O–H groups in total. The largest absolute Gasteiger partial charge is 0.395 e. The Labute approximate surface area is 159 Å². The van der Waals surface area contributed by atoms with E-state index in [2.05, 4.69) is 15.0 Å². The molecular weight excluding hydrogens is 344 g/mol. The van der Waals surface area contributed by atoms with Crippen molar-refractivity contribution in [2.75, 3.05) is 32.8 Å². The maximum atomic E-state index is 12.9. The monoisotopic (exact) mass is 370 g/mol. The van der Waals surface area contributed by atoms with Crippen LogP contribution in [0.15, 0.2) is 28.8 Å². The number of hydrogen-bond donors (Lipinski definition) is 1. The van der Waals surface area contributed by atoms with Gasteiger partial charge in [0.2, 0.25) is 5.91 Å². The second-order valence-electron chi connectivity index (χ2n) is 7.74. The number of benzene rings is 1. The molecule has 1 aromatic heterocycles. The first-order valence-electron chi connectivity index (χ1n) is 9.62. The third-order valence-electron chi connectivity index (χ3n) is 5.76. The average Bonchev–Trinajstić information content (AvgIpc) is 3.29. The number of aromatic nitrogens is 2. The predicted molar refractivity (Wildman–Crippen MR) is 99.7 cm³/mol. The lowest BCUT2D eigenvalue weighted by Gasteiger charge is -2.39. The highest BCUT2D eigenvalue weighted by atomic mass is 16.5. The quantitative estimate of drug-likeness (QED) is 0.865. The Morgan fingerprint density at radius 2 is 2.04 bits per heavy atom. The number of rotatable bonds is 5. The minimum Gasteiger partial charge on any atom is -0.395 e. The number of aliphatic hydroxyl groups is 1. The van der Waals surface area contributed by atoms with Crippen molar-refractivity contribution in [2.24, 2.45) is 5.41 Å². The number of hydrogen-bond acceptors (Lipinski definition) is 6. The molecule has 0 bridgehead atoms. The molecule has 0 radical (unpaired) electrons. The van der Waals surface area contributed by atoms with Gasteiger partial charge in [-0.25, -0.2) is 0 Å². The lowest BCUT2D eigenvalue weighted by Crippen LogP contribution is -2.50. The zero-order valence-electron chi connectivity index (χ0n) is 15.7. The molecule has 2 aliphatic heterocycles. The van der Waals surface area contributed by atoms with Gasteiger partial charge in [-0.3, -0.25) is 9.69 Å². The van der Waals surface area contributed by atoms with Gasteiger partial charge >= 0.3 is 0 Å². The average molecular weight is 370 g/mol. The molecule has 4 rings (SSSR count). The Balaban J connectivity index is 1.41. The van der Waals surface area contributed by atoms with E-state index in [1.807, 2.05) is 36.1 Å². The minimum absolute atomic E-state index is 0.0240. The van der Waals surface area contributed by atoms with Crippen LogP contribution in [-0.4, -0.2) is 63.7 Å². The molecule has 2 aromatic rings. The fraction of sp³-hybridized carbons (Fsp3) is 0.550. The number of aliphatic hydroxyl groups excluding tert-OH is 1. The van der Waals surface area contributed by atoms with Gasteiger partial charge in [-0.05, 0) is 44.9 Å². The van der Waals surface area contributed by atoms with Gasteiger partial charge in [-0.1, -0.05) is 22.9 Å². The Morgan fingerprint density at radius 3 is 2.81 bits per heavy atom. The van der Waals surface area contributed by atoms with E-state index < -0.39 is 0 Å². The maximum absolute atomic E-state index is 12.9. The molecule has 144 valence electrons. The molecule has 1 spiro atoms. The molecule has 1 amide bonds. The zero-order valence-corrected chi connectivity index (χ0v) is 15.7. The van der Waals surface area contributed by atoms with Crippen molar-refractivity contribution in [3.63, 3.8) is 0 Å². The standard InChI is InChI=1S/C20H26N4O3/c1-15-3-5-16(6-4-15)18-21-17(22-27-18)13-23-10-8-20(14-23)7-2-9-24(11-12-25)19(20)26/h3-6,25H,2,7-14H2,1H3/t20-/m1/s1. The van der Waals surface area contributed by atoms with Crippen molar-refractivity contribution >= 4 is 5.91 Å². The first-order chi connectivity index (χ1) is 13.1. The summed E-state index contributed by atoms with van der Waals surface area (Å²) in [7, 11) is 0. The van der Waals surface area contributed by atoms with E-state index in [9.17, 15) is 9.90 Å². The Kier molecular flexibility index (Phi) is 4.97. The summed E-state index contributed by atoms with van der Waals surface area (Å²) in [5, 5.41) is 13.3. The van der Waals surface area contributed by atoms with E-state index in [1.165, 1.54) is 5.56 Å². The second-order valence-corrected chi connectivity index (χ2v) is 7.74. The summed E-state index contributed by atoms with van der Waals surface area (Å²) in [6.45, 7) is 5.42. The third kappa shape index (κ3) is 3.61. The summed E-state index contributed by atoms with van der Waals surface area (Å²) in [6, 6.07) is 8.01. The summed E-state index contributed by atoms with van der Waals surface area (Å²) in [5.41, 5.74) is 1.80. The number of amides is 1. The fourth-order valence-electron chi connectivity index (χ4n) is 4.29. The SMILES string of the molecule is Cc1ccc(-c2nc(CN3CC[C@]4(CCCN(CCO)C4=O)C3)no2)cc1. The lowest BCUT2D eigenvalue weighted by atomic mass is 9.78. The van der Waals surface area contributed by atoms with Crippen LogP contribution in [0.3, 0.4) is 0 Å². The van der Waals surface area contributed by atoms with Crippen LogP contribution in [0.4, 0.5) is 0 Å². The van der Waals surface area contributed by atoms with Crippen LogP contribution >= 0.6 is 0 Å². The molecule has 0 saturated carbocycles. The van der Waals surface area contributed by atoms with Gasteiger partial charge in [0.1, 0.15) is 0 Å². The Hall–Kier alpha value is -2.25. The van der Waals surface area contributed by atoms with Crippen molar-refractivity contribution in [1.82, 2.24) is 19.9 Å². The van der Waals surface area contributed by atoms with E-state index in [1.54, 1.807) is 0 Å². The summed E-state index contributed by atoms with van der Waals surface area (Å²) < 4.78 is 5.42.